The minimum absolute atomic E-state index is 0. The molecule has 0 saturated carbocycles. The van der Waals surface area contributed by atoms with Gasteiger partial charge in [0, 0.05) is 13.1 Å². The van der Waals surface area contributed by atoms with Gasteiger partial charge >= 0.3 is 0 Å². The molecule has 0 unspecified atom stereocenters. The topological polar surface area (TPSA) is 34.1 Å². The van der Waals surface area contributed by atoms with Gasteiger partial charge in [0.15, 0.2) is 5.17 Å². The van der Waals surface area contributed by atoms with E-state index in [1.165, 1.54) is 16.7 Å². The summed E-state index contributed by atoms with van der Waals surface area (Å²) in [5.74, 6) is 2.68. The highest BCUT2D eigenvalue weighted by atomic mass is 127. The minimum atomic E-state index is 0. The van der Waals surface area contributed by atoms with Crippen molar-refractivity contribution in [1.82, 2.24) is 4.90 Å². The van der Waals surface area contributed by atoms with Crippen molar-refractivity contribution in [3.8, 4) is 11.5 Å². The number of methoxy groups -OCH3 is 2. The first kappa shape index (κ1) is 27.1. The fraction of sp³-hybridized carbons (Fsp3) is 0.296. The van der Waals surface area contributed by atoms with Crippen LogP contribution in [0.4, 0.5) is 5.69 Å². The maximum absolute atomic E-state index is 5.32. The number of benzene rings is 3. The van der Waals surface area contributed by atoms with Crippen LogP contribution in [0, 0.1) is 0 Å². The van der Waals surface area contributed by atoms with E-state index in [0.29, 0.717) is 0 Å². The van der Waals surface area contributed by atoms with Gasteiger partial charge in [-0.05, 0) is 65.3 Å². The number of ether oxygens (including phenoxy) is 2. The molecule has 0 fully saturated rings. The molecular weight excluding hydrogens is 543 g/mol. The van der Waals surface area contributed by atoms with Gasteiger partial charge in [-0.2, -0.15) is 0 Å². The summed E-state index contributed by atoms with van der Waals surface area (Å²) in [6.07, 6.45) is 1.03. The molecule has 0 aliphatic heterocycles. The predicted octanol–water partition coefficient (Wildman–Crippen LogP) is 7.33. The molecule has 0 spiro atoms. The molecule has 6 heteroatoms. The Morgan fingerprint density at radius 3 is 1.58 bits per heavy atom. The van der Waals surface area contributed by atoms with E-state index in [0.717, 1.165) is 47.6 Å². The van der Waals surface area contributed by atoms with Gasteiger partial charge in [-0.15, -0.1) is 24.0 Å². The van der Waals surface area contributed by atoms with Gasteiger partial charge in [0.05, 0.1) is 19.9 Å². The van der Waals surface area contributed by atoms with E-state index < -0.39 is 0 Å². The zero-order valence-electron chi connectivity index (χ0n) is 19.8. The van der Waals surface area contributed by atoms with Gasteiger partial charge in [-0.3, -0.25) is 0 Å². The number of thioether (sulfide) groups is 1. The highest BCUT2D eigenvalue weighted by molar-refractivity contribution is 14.0. The van der Waals surface area contributed by atoms with Crippen molar-refractivity contribution in [3.05, 3.63) is 89.5 Å². The summed E-state index contributed by atoms with van der Waals surface area (Å²) in [4.78, 5) is 7.38. The van der Waals surface area contributed by atoms with Gasteiger partial charge in [-0.1, -0.05) is 62.0 Å². The molecule has 3 aromatic carbocycles. The van der Waals surface area contributed by atoms with Crippen LogP contribution in [0.15, 0.2) is 77.8 Å². The highest BCUT2D eigenvalue weighted by Gasteiger charge is 2.14. The van der Waals surface area contributed by atoms with Crippen LogP contribution in [0.3, 0.4) is 0 Å². The molecule has 0 atom stereocenters. The lowest BCUT2D eigenvalue weighted by Crippen LogP contribution is -2.28. The van der Waals surface area contributed by atoms with E-state index in [1.54, 1.807) is 26.0 Å². The summed E-state index contributed by atoms with van der Waals surface area (Å²) in [5, 5.41) is 1.02. The standard InChI is InChI=1S/C27H32N2O2S.HI/c1-5-21-7-13-24(14-8-21)28-27(32-6-2)29(19-22-9-15-25(30-3)16-10-22)20-23-11-17-26(31-4)18-12-23;/h7-18H,5-6,19-20H2,1-4H3;1H. The summed E-state index contributed by atoms with van der Waals surface area (Å²) < 4.78 is 10.6. The average molecular weight is 577 g/mol. The van der Waals surface area contributed by atoms with Gasteiger partial charge in [0.2, 0.25) is 0 Å². The quantitative estimate of drug-likeness (QED) is 0.152. The van der Waals surface area contributed by atoms with Gasteiger partial charge in [-0.25, -0.2) is 4.99 Å². The first-order valence-corrected chi connectivity index (χ1v) is 11.9. The third-order valence-electron chi connectivity index (χ3n) is 5.18. The largest absolute Gasteiger partial charge is 0.497 e. The lowest BCUT2D eigenvalue weighted by atomic mass is 10.1. The second-order valence-corrected chi connectivity index (χ2v) is 8.63. The molecule has 33 heavy (non-hydrogen) atoms. The van der Waals surface area contributed by atoms with E-state index in [9.17, 15) is 0 Å². The van der Waals surface area contributed by atoms with Crippen LogP contribution in [-0.4, -0.2) is 30.0 Å². The molecule has 176 valence electrons. The molecule has 0 amide bonds. The number of aryl methyl sites for hydroxylation is 1. The number of nitrogens with zero attached hydrogens (tertiary/aromatic N) is 2. The van der Waals surface area contributed by atoms with E-state index in [2.05, 4.69) is 67.3 Å². The van der Waals surface area contributed by atoms with Crippen LogP contribution in [-0.2, 0) is 19.5 Å². The fourth-order valence-corrected chi connectivity index (χ4v) is 4.07. The normalized spacial score (nSPS) is 11.0. The summed E-state index contributed by atoms with van der Waals surface area (Å²) in [6.45, 7) is 5.85. The van der Waals surface area contributed by atoms with E-state index in [1.807, 2.05) is 24.3 Å². The summed E-state index contributed by atoms with van der Waals surface area (Å²) in [5.41, 5.74) is 4.73. The number of hydrogen-bond donors (Lipinski definition) is 0. The Kier molecular flexibility index (Phi) is 11.6. The number of rotatable bonds is 9. The maximum atomic E-state index is 5.32. The Labute approximate surface area is 219 Å². The molecule has 0 radical (unpaired) electrons. The van der Waals surface area contributed by atoms with Crippen molar-refractivity contribution in [1.29, 1.82) is 0 Å². The van der Waals surface area contributed by atoms with Crippen molar-refractivity contribution in [2.24, 2.45) is 4.99 Å². The van der Waals surface area contributed by atoms with Crippen LogP contribution in [0.1, 0.15) is 30.5 Å². The maximum Gasteiger partial charge on any atom is 0.164 e. The molecule has 0 heterocycles. The number of amidine groups is 1. The van der Waals surface area contributed by atoms with Gasteiger partial charge < -0.3 is 14.4 Å². The Morgan fingerprint density at radius 2 is 1.18 bits per heavy atom. The smallest absolute Gasteiger partial charge is 0.164 e. The molecule has 0 aromatic heterocycles. The molecule has 4 nitrogen and oxygen atoms in total. The SMILES string of the molecule is CCSC(=Nc1ccc(CC)cc1)N(Cc1ccc(OC)cc1)Cc1ccc(OC)cc1.I. The molecule has 3 rings (SSSR count). The summed E-state index contributed by atoms with van der Waals surface area (Å²) >= 11 is 1.77. The molecule has 0 saturated heterocycles. The number of halogens is 1. The molecule has 0 aliphatic carbocycles. The molecule has 3 aromatic rings. The van der Waals surface area contributed by atoms with Crippen molar-refractivity contribution in [3.63, 3.8) is 0 Å². The van der Waals surface area contributed by atoms with Crippen molar-refractivity contribution >= 4 is 46.6 Å². The van der Waals surface area contributed by atoms with E-state index in [-0.39, 0.29) is 24.0 Å². The number of aliphatic imine (C=N–C) groups is 1. The Morgan fingerprint density at radius 1 is 0.727 bits per heavy atom. The average Bonchev–Trinajstić information content (AvgIpc) is 2.84. The zero-order valence-corrected chi connectivity index (χ0v) is 22.9. The Balaban J connectivity index is 0.00000385. The lowest BCUT2D eigenvalue weighted by Gasteiger charge is -2.26. The van der Waals surface area contributed by atoms with Crippen LogP contribution < -0.4 is 9.47 Å². The first-order chi connectivity index (χ1) is 15.6. The minimum Gasteiger partial charge on any atom is -0.497 e. The van der Waals surface area contributed by atoms with E-state index in [4.69, 9.17) is 14.5 Å². The summed E-state index contributed by atoms with van der Waals surface area (Å²) in [7, 11) is 3.38. The lowest BCUT2D eigenvalue weighted by molar-refractivity contribution is 0.405. The fourth-order valence-electron chi connectivity index (χ4n) is 3.33. The van der Waals surface area contributed by atoms with Crippen LogP contribution in [0.25, 0.3) is 0 Å². The van der Waals surface area contributed by atoms with Crippen LogP contribution >= 0.6 is 35.7 Å². The number of hydrogen-bond acceptors (Lipinski definition) is 4. The third kappa shape index (κ3) is 8.27. The predicted molar refractivity (Wildman–Crippen MR) is 152 cm³/mol. The molecular formula is C27H33IN2O2S. The monoisotopic (exact) mass is 576 g/mol. The van der Waals surface area contributed by atoms with Crippen molar-refractivity contribution < 1.29 is 9.47 Å². The Hall–Kier alpha value is -2.19. The van der Waals surface area contributed by atoms with E-state index >= 15 is 0 Å². The van der Waals surface area contributed by atoms with Crippen LogP contribution in [0.5, 0.6) is 11.5 Å². The first-order valence-electron chi connectivity index (χ1n) is 11.0. The van der Waals surface area contributed by atoms with Crippen LogP contribution in [0.2, 0.25) is 0 Å². The van der Waals surface area contributed by atoms with Crippen molar-refractivity contribution in [2.45, 2.75) is 33.4 Å². The second kappa shape index (κ2) is 14.2. The highest BCUT2D eigenvalue weighted by Crippen LogP contribution is 2.23. The third-order valence-corrected chi connectivity index (χ3v) is 6.07. The van der Waals surface area contributed by atoms with Crippen molar-refractivity contribution in [2.75, 3.05) is 20.0 Å². The molecule has 0 bridgehead atoms. The van der Waals surface area contributed by atoms with Gasteiger partial charge in [0.1, 0.15) is 11.5 Å². The summed E-state index contributed by atoms with van der Waals surface area (Å²) in [6, 6.07) is 25.0. The van der Waals surface area contributed by atoms with Gasteiger partial charge in [0.25, 0.3) is 0 Å². The molecule has 0 N–H and O–H groups in total. The zero-order chi connectivity index (χ0) is 22.8. The Bertz CT molecular complexity index is 941. The second-order valence-electron chi connectivity index (χ2n) is 7.40. The molecule has 0 aliphatic rings.